The maximum Gasteiger partial charge on any atom is 0.350 e. The van der Waals surface area contributed by atoms with Gasteiger partial charge in [0.2, 0.25) is 5.91 Å². The van der Waals surface area contributed by atoms with Gasteiger partial charge in [-0.05, 0) is 25.5 Å². The smallest absolute Gasteiger partial charge is 0.350 e. The van der Waals surface area contributed by atoms with Crippen LogP contribution in [0.3, 0.4) is 0 Å². The van der Waals surface area contributed by atoms with Crippen molar-refractivity contribution in [1.29, 1.82) is 0 Å². The second kappa shape index (κ2) is 11.5. The molecule has 2 aromatic heterocycles. The van der Waals surface area contributed by atoms with Crippen LogP contribution in [0.25, 0.3) is 11.2 Å². The van der Waals surface area contributed by atoms with Crippen molar-refractivity contribution in [1.82, 2.24) is 24.8 Å². The molecule has 2 rings (SSSR count). The first-order valence-corrected chi connectivity index (χ1v) is 11.7. The summed E-state index contributed by atoms with van der Waals surface area (Å²) < 4.78 is 17.8. The summed E-state index contributed by atoms with van der Waals surface area (Å²) in [6, 6.07) is 0. The van der Waals surface area contributed by atoms with Gasteiger partial charge in [0.1, 0.15) is 18.2 Å². The average molecular weight is 446 g/mol. The average Bonchev–Trinajstić information content (AvgIpc) is 3.07. The number of imidazole rings is 1. The Hall–Kier alpha value is -1.72. The van der Waals surface area contributed by atoms with Gasteiger partial charge in [0.25, 0.3) is 0 Å². The first-order chi connectivity index (χ1) is 13.8. The standard InChI is InChI=1S/C16H27N6O5PS/c1-12(27-11-28(24,25)26)8-22-10-21-14-15(19-9-20-16(14)22)18-6-5-17-13(23)4-2-3-7-29/h9-10,12,29H,2-8,11H2,1H3,(H,17,23)(H,18,19,20)(H2,24,25,26)/t12-/m1/s1. The molecule has 4 N–H and O–H groups in total. The number of aromatic nitrogens is 4. The maximum absolute atomic E-state index is 11.7. The number of carbonyl (C=O) groups is 1. The first kappa shape index (κ1) is 23.6. The van der Waals surface area contributed by atoms with Gasteiger partial charge in [-0.2, -0.15) is 12.6 Å². The molecule has 0 saturated heterocycles. The molecule has 0 unspecified atom stereocenters. The number of thiol groups is 1. The molecule has 1 amide bonds. The van der Waals surface area contributed by atoms with E-state index in [4.69, 9.17) is 14.5 Å². The highest BCUT2D eigenvalue weighted by Crippen LogP contribution is 2.34. The molecule has 0 saturated carbocycles. The molecule has 13 heteroatoms. The summed E-state index contributed by atoms with van der Waals surface area (Å²) in [4.78, 5) is 42.2. The number of amides is 1. The first-order valence-electron chi connectivity index (χ1n) is 9.23. The topological polar surface area (TPSA) is 151 Å². The monoisotopic (exact) mass is 446 g/mol. The summed E-state index contributed by atoms with van der Waals surface area (Å²) in [6.07, 6.45) is 4.13. The Morgan fingerprint density at radius 1 is 1.31 bits per heavy atom. The highest BCUT2D eigenvalue weighted by atomic mass is 32.1. The lowest BCUT2D eigenvalue weighted by Crippen LogP contribution is -2.28. The van der Waals surface area contributed by atoms with Crippen LogP contribution in [0.4, 0.5) is 5.82 Å². The second-order valence-electron chi connectivity index (χ2n) is 6.52. The van der Waals surface area contributed by atoms with E-state index in [1.165, 1.54) is 6.33 Å². The summed E-state index contributed by atoms with van der Waals surface area (Å²) in [6.45, 7) is 2.98. The number of rotatable bonds is 13. The summed E-state index contributed by atoms with van der Waals surface area (Å²) >= 11 is 4.12. The van der Waals surface area contributed by atoms with Crippen LogP contribution in [-0.2, 0) is 20.6 Å². The Bertz CT molecular complexity index is 844. The highest BCUT2D eigenvalue weighted by Gasteiger charge is 2.17. The number of unbranched alkanes of at least 4 members (excludes halogenated alkanes) is 1. The van der Waals surface area contributed by atoms with Crippen LogP contribution < -0.4 is 10.6 Å². The Morgan fingerprint density at radius 3 is 2.83 bits per heavy atom. The van der Waals surface area contributed by atoms with Crippen LogP contribution >= 0.6 is 20.2 Å². The van der Waals surface area contributed by atoms with Crippen molar-refractivity contribution in [3.63, 3.8) is 0 Å². The van der Waals surface area contributed by atoms with Crippen molar-refractivity contribution in [3.05, 3.63) is 12.7 Å². The van der Waals surface area contributed by atoms with Crippen LogP contribution in [0.15, 0.2) is 12.7 Å². The van der Waals surface area contributed by atoms with E-state index in [9.17, 15) is 9.36 Å². The molecule has 0 aliphatic carbocycles. The van der Waals surface area contributed by atoms with Crippen molar-refractivity contribution >= 4 is 43.1 Å². The predicted octanol–water partition coefficient (Wildman–Crippen LogP) is 0.995. The van der Waals surface area contributed by atoms with Crippen molar-refractivity contribution < 1.29 is 23.9 Å². The number of hydrogen-bond donors (Lipinski definition) is 5. The number of nitrogens with zero attached hydrogens (tertiary/aromatic N) is 4. The van der Waals surface area contributed by atoms with Crippen molar-refractivity contribution in [2.45, 2.75) is 38.8 Å². The number of nitrogens with one attached hydrogen (secondary N) is 2. The van der Waals surface area contributed by atoms with Gasteiger partial charge in [-0.1, -0.05) is 0 Å². The summed E-state index contributed by atoms with van der Waals surface area (Å²) in [5, 5.41) is 5.98. The molecule has 0 aromatic carbocycles. The highest BCUT2D eigenvalue weighted by molar-refractivity contribution is 7.80. The van der Waals surface area contributed by atoms with Gasteiger partial charge in [0.15, 0.2) is 11.5 Å². The molecular formula is C16H27N6O5PS. The van der Waals surface area contributed by atoms with Crippen LogP contribution in [0.1, 0.15) is 26.2 Å². The largest absolute Gasteiger partial charge is 0.366 e. The van der Waals surface area contributed by atoms with Gasteiger partial charge in [-0.15, -0.1) is 0 Å². The molecule has 2 heterocycles. The number of anilines is 1. The van der Waals surface area contributed by atoms with E-state index in [1.807, 2.05) is 0 Å². The maximum atomic E-state index is 11.7. The third-order valence-corrected chi connectivity index (χ3v) is 4.74. The third kappa shape index (κ3) is 8.27. The molecule has 11 nitrogen and oxygen atoms in total. The molecule has 29 heavy (non-hydrogen) atoms. The molecule has 2 aromatic rings. The Balaban J connectivity index is 1.87. The van der Waals surface area contributed by atoms with Crippen LogP contribution in [0, 0.1) is 0 Å². The molecule has 0 fully saturated rings. The number of hydrogen-bond acceptors (Lipinski definition) is 8. The molecule has 0 aliphatic heterocycles. The number of ether oxygens (including phenoxy) is 1. The van der Waals surface area contributed by atoms with Crippen molar-refractivity contribution in [2.24, 2.45) is 0 Å². The van der Waals surface area contributed by atoms with E-state index in [1.54, 1.807) is 17.8 Å². The summed E-state index contributed by atoms with van der Waals surface area (Å²) in [7, 11) is -4.21. The van der Waals surface area contributed by atoms with Gasteiger partial charge in [0.05, 0.1) is 19.0 Å². The summed E-state index contributed by atoms with van der Waals surface area (Å²) in [5.41, 5.74) is 1.14. The van der Waals surface area contributed by atoms with E-state index < -0.39 is 20.0 Å². The molecular weight excluding hydrogens is 419 g/mol. The molecule has 162 valence electrons. The van der Waals surface area contributed by atoms with E-state index in [-0.39, 0.29) is 5.91 Å². The van der Waals surface area contributed by atoms with Gasteiger partial charge in [-0.3, -0.25) is 9.36 Å². The zero-order valence-electron chi connectivity index (χ0n) is 16.2. The Morgan fingerprint density at radius 2 is 2.10 bits per heavy atom. The second-order valence-corrected chi connectivity index (χ2v) is 8.55. The minimum absolute atomic E-state index is 0.00925. The predicted molar refractivity (Wildman–Crippen MR) is 112 cm³/mol. The van der Waals surface area contributed by atoms with Gasteiger partial charge in [-0.25, -0.2) is 15.0 Å². The zero-order chi connectivity index (χ0) is 21.3. The minimum atomic E-state index is -4.21. The van der Waals surface area contributed by atoms with Crippen molar-refractivity contribution in [2.75, 3.05) is 30.5 Å². The Kier molecular flexibility index (Phi) is 9.31. The Labute approximate surface area is 174 Å². The SMILES string of the molecule is C[C@H](Cn1cnc2c(NCCNC(=O)CCCCS)ncnc21)OCP(=O)(O)O. The van der Waals surface area contributed by atoms with E-state index in [0.717, 1.165) is 18.6 Å². The fourth-order valence-corrected chi connectivity index (χ4v) is 3.24. The van der Waals surface area contributed by atoms with E-state index in [0.29, 0.717) is 43.0 Å². The van der Waals surface area contributed by atoms with Gasteiger partial charge < -0.3 is 29.7 Å². The number of fused-ring (bicyclic) bond motifs is 1. The van der Waals surface area contributed by atoms with E-state index >= 15 is 0 Å². The van der Waals surface area contributed by atoms with E-state index in [2.05, 4.69) is 38.2 Å². The molecule has 0 aliphatic rings. The minimum Gasteiger partial charge on any atom is -0.366 e. The van der Waals surface area contributed by atoms with Gasteiger partial charge >= 0.3 is 7.60 Å². The third-order valence-electron chi connectivity index (χ3n) is 3.93. The lowest BCUT2D eigenvalue weighted by molar-refractivity contribution is -0.121. The molecule has 1 atom stereocenters. The fraction of sp³-hybridized carbons (Fsp3) is 0.625. The quantitative estimate of drug-likeness (QED) is 0.172. The zero-order valence-corrected chi connectivity index (χ0v) is 18.0. The van der Waals surface area contributed by atoms with Crippen LogP contribution in [-0.4, -0.2) is 66.5 Å². The van der Waals surface area contributed by atoms with Crippen LogP contribution in [0.2, 0.25) is 0 Å². The lowest BCUT2D eigenvalue weighted by Gasteiger charge is -2.14. The molecule has 0 spiro atoms. The molecule has 0 bridgehead atoms. The van der Waals surface area contributed by atoms with Crippen molar-refractivity contribution in [3.8, 4) is 0 Å². The number of carbonyl (C=O) groups excluding carboxylic acids is 1. The van der Waals surface area contributed by atoms with Gasteiger partial charge in [0, 0.05) is 19.5 Å². The lowest BCUT2D eigenvalue weighted by atomic mass is 10.2. The summed E-state index contributed by atoms with van der Waals surface area (Å²) in [5.74, 6) is 1.33. The molecule has 0 radical (unpaired) electrons. The fourth-order valence-electron chi connectivity index (χ4n) is 2.57. The normalized spacial score (nSPS) is 12.8. The van der Waals surface area contributed by atoms with Crippen LogP contribution in [0.5, 0.6) is 0 Å².